The van der Waals surface area contributed by atoms with E-state index in [9.17, 15) is 0 Å². The molecule has 0 aliphatic heterocycles. The number of rotatable bonds is 7. The topological polar surface area (TPSA) is 70.8 Å². The molecule has 0 saturated carbocycles. The molecule has 1 N–H and O–H groups in total. The number of nitrogens with zero attached hydrogens (tertiary/aromatic N) is 3. The van der Waals surface area contributed by atoms with Crippen LogP contribution >= 0.6 is 11.6 Å². The molecule has 2 aromatic rings. The van der Waals surface area contributed by atoms with Crippen molar-refractivity contribution in [3.63, 3.8) is 0 Å². The molecule has 0 aliphatic rings. The van der Waals surface area contributed by atoms with Gasteiger partial charge < -0.3 is 10.1 Å². The fourth-order valence-electron chi connectivity index (χ4n) is 2.25. The molecule has 0 fully saturated rings. The maximum atomic E-state index is 8.53. The molecule has 0 saturated heterocycles. The van der Waals surface area contributed by atoms with Gasteiger partial charge in [0.05, 0.1) is 11.7 Å². The zero-order chi connectivity index (χ0) is 16.7. The van der Waals surface area contributed by atoms with Gasteiger partial charge in [-0.3, -0.25) is 0 Å². The van der Waals surface area contributed by atoms with Gasteiger partial charge in [0.1, 0.15) is 29.0 Å². The molecule has 1 heterocycles. The second kappa shape index (κ2) is 8.35. The fraction of sp³-hybridized carbons (Fsp3) is 0.353. The molecule has 0 aliphatic carbocycles. The van der Waals surface area contributed by atoms with E-state index >= 15 is 0 Å². The molecule has 6 heteroatoms. The number of hydrogen-bond acceptors (Lipinski definition) is 5. The SMILES string of the molecule is CCc1ncnc(NC(CC)c2ccc(OCC#N)cc2)c1Cl. The highest BCUT2D eigenvalue weighted by Gasteiger charge is 2.14. The Morgan fingerprint density at radius 1 is 1.26 bits per heavy atom. The van der Waals surface area contributed by atoms with E-state index in [2.05, 4.69) is 22.2 Å². The molecule has 0 spiro atoms. The average molecular weight is 331 g/mol. The molecular formula is C17H19ClN4O. The molecule has 120 valence electrons. The third-order valence-electron chi connectivity index (χ3n) is 3.50. The van der Waals surface area contributed by atoms with Crippen molar-refractivity contribution in [2.45, 2.75) is 32.7 Å². The van der Waals surface area contributed by atoms with Crippen molar-refractivity contribution in [2.24, 2.45) is 0 Å². The Labute approximate surface area is 141 Å². The van der Waals surface area contributed by atoms with Crippen molar-refractivity contribution in [1.82, 2.24) is 9.97 Å². The van der Waals surface area contributed by atoms with E-state index in [1.807, 2.05) is 37.3 Å². The number of aryl methyl sites for hydroxylation is 1. The van der Waals surface area contributed by atoms with Gasteiger partial charge in [-0.15, -0.1) is 0 Å². The van der Waals surface area contributed by atoms with Crippen LogP contribution in [0.25, 0.3) is 0 Å². The summed E-state index contributed by atoms with van der Waals surface area (Å²) >= 11 is 6.34. The molecule has 0 radical (unpaired) electrons. The van der Waals surface area contributed by atoms with E-state index in [1.54, 1.807) is 0 Å². The predicted molar refractivity (Wildman–Crippen MR) is 90.6 cm³/mol. The van der Waals surface area contributed by atoms with E-state index in [4.69, 9.17) is 21.6 Å². The minimum absolute atomic E-state index is 0.0468. The number of nitrogens with one attached hydrogen (secondary N) is 1. The van der Waals surface area contributed by atoms with Crippen LogP contribution in [0.3, 0.4) is 0 Å². The summed E-state index contributed by atoms with van der Waals surface area (Å²) in [6.07, 6.45) is 3.16. The quantitative estimate of drug-likeness (QED) is 0.825. The highest BCUT2D eigenvalue weighted by atomic mass is 35.5. The zero-order valence-corrected chi connectivity index (χ0v) is 14.0. The third kappa shape index (κ3) is 4.33. The van der Waals surface area contributed by atoms with Gasteiger partial charge in [-0.05, 0) is 30.5 Å². The van der Waals surface area contributed by atoms with E-state index in [0.717, 1.165) is 24.1 Å². The number of ether oxygens (including phenoxy) is 1. The Bertz CT molecular complexity index is 682. The summed E-state index contributed by atoms with van der Waals surface area (Å²) in [5.74, 6) is 1.33. The van der Waals surface area contributed by atoms with Crippen LogP contribution < -0.4 is 10.1 Å². The van der Waals surface area contributed by atoms with Crippen molar-refractivity contribution in [3.8, 4) is 11.8 Å². The molecule has 1 atom stereocenters. The first-order valence-corrected chi connectivity index (χ1v) is 7.93. The van der Waals surface area contributed by atoms with E-state index in [0.29, 0.717) is 16.6 Å². The molecule has 1 unspecified atom stereocenters. The van der Waals surface area contributed by atoms with Crippen LogP contribution in [0.4, 0.5) is 5.82 Å². The van der Waals surface area contributed by atoms with E-state index in [-0.39, 0.29) is 12.6 Å². The van der Waals surface area contributed by atoms with Gasteiger partial charge >= 0.3 is 0 Å². The lowest BCUT2D eigenvalue weighted by molar-refractivity contribution is 0.368. The van der Waals surface area contributed by atoms with Crippen LogP contribution in [0.2, 0.25) is 5.02 Å². The molecule has 2 rings (SSSR count). The van der Waals surface area contributed by atoms with E-state index in [1.165, 1.54) is 6.33 Å². The van der Waals surface area contributed by atoms with Crippen LogP contribution in [0, 0.1) is 11.3 Å². The largest absolute Gasteiger partial charge is 0.479 e. The van der Waals surface area contributed by atoms with Crippen molar-refractivity contribution >= 4 is 17.4 Å². The molecule has 1 aromatic heterocycles. The lowest BCUT2D eigenvalue weighted by Gasteiger charge is -2.19. The molecule has 0 amide bonds. The number of hydrogen-bond donors (Lipinski definition) is 1. The van der Waals surface area contributed by atoms with Crippen LogP contribution in [0.15, 0.2) is 30.6 Å². The Balaban J connectivity index is 2.15. The van der Waals surface area contributed by atoms with E-state index < -0.39 is 0 Å². The third-order valence-corrected chi connectivity index (χ3v) is 3.90. The number of benzene rings is 1. The average Bonchev–Trinajstić information content (AvgIpc) is 2.59. The summed E-state index contributed by atoms with van der Waals surface area (Å²) in [5, 5.41) is 12.5. The number of anilines is 1. The summed E-state index contributed by atoms with van der Waals surface area (Å²) in [7, 11) is 0. The first-order chi connectivity index (χ1) is 11.2. The number of nitriles is 1. The van der Waals surface area contributed by atoms with Gasteiger partial charge in [-0.2, -0.15) is 5.26 Å². The number of aromatic nitrogens is 2. The summed E-state index contributed by atoms with van der Waals surface area (Å²) in [6, 6.07) is 9.70. The van der Waals surface area contributed by atoms with Crippen molar-refractivity contribution in [2.75, 3.05) is 11.9 Å². The summed E-state index contributed by atoms with van der Waals surface area (Å²) < 4.78 is 5.27. The van der Waals surface area contributed by atoms with Crippen molar-refractivity contribution < 1.29 is 4.74 Å². The van der Waals surface area contributed by atoms with Crippen LogP contribution in [0.1, 0.15) is 37.6 Å². The van der Waals surface area contributed by atoms with Crippen LogP contribution in [0.5, 0.6) is 5.75 Å². The van der Waals surface area contributed by atoms with Crippen LogP contribution in [-0.4, -0.2) is 16.6 Å². The normalized spacial score (nSPS) is 11.6. The standard InChI is InChI=1S/C17H19ClN4O/c1-3-14(12-5-7-13(8-6-12)23-10-9-19)22-17-16(18)15(4-2)20-11-21-17/h5-8,11,14H,3-4,10H2,1-2H3,(H,20,21,22). The number of halogens is 1. The minimum Gasteiger partial charge on any atom is -0.479 e. The first-order valence-electron chi connectivity index (χ1n) is 7.55. The summed E-state index contributed by atoms with van der Waals surface area (Å²) in [6.45, 7) is 4.15. The van der Waals surface area contributed by atoms with Gasteiger partial charge in [0, 0.05) is 0 Å². The van der Waals surface area contributed by atoms with Crippen molar-refractivity contribution in [1.29, 1.82) is 5.26 Å². The zero-order valence-electron chi connectivity index (χ0n) is 13.2. The Morgan fingerprint density at radius 3 is 2.61 bits per heavy atom. The van der Waals surface area contributed by atoms with Gasteiger partial charge in [0.2, 0.25) is 0 Å². The second-order valence-electron chi connectivity index (χ2n) is 4.96. The van der Waals surface area contributed by atoms with Gasteiger partial charge in [-0.25, -0.2) is 9.97 Å². The van der Waals surface area contributed by atoms with Gasteiger partial charge in [0.25, 0.3) is 0 Å². The molecule has 1 aromatic carbocycles. The van der Waals surface area contributed by atoms with Crippen molar-refractivity contribution in [3.05, 3.63) is 46.9 Å². The maximum Gasteiger partial charge on any atom is 0.174 e. The van der Waals surface area contributed by atoms with Gasteiger partial charge in [-0.1, -0.05) is 37.6 Å². The maximum absolute atomic E-state index is 8.53. The van der Waals surface area contributed by atoms with Gasteiger partial charge in [0.15, 0.2) is 6.61 Å². The lowest BCUT2D eigenvalue weighted by Crippen LogP contribution is -2.12. The molecule has 0 bridgehead atoms. The Morgan fingerprint density at radius 2 is 2.00 bits per heavy atom. The molecular weight excluding hydrogens is 312 g/mol. The Kier molecular flexibility index (Phi) is 6.19. The summed E-state index contributed by atoms with van der Waals surface area (Å²) in [4.78, 5) is 8.42. The highest BCUT2D eigenvalue weighted by molar-refractivity contribution is 6.33. The van der Waals surface area contributed by atoms with Crippen LogP contribution in [-0.2, 0) is 6.42 Å². The fourth-order valence-corrected chi connectivity index (χ4v) is 2.54. The monoisotopic (exact) mass is 330 g/mol. The molecule has 23 heavy (non-hydrogen) atoms. The summed E-state index contributed by atoms with van der Waals surface area (Å²) in [5.41, 5.74) is 1.93. The second-order valence-corrected chi connectivity index (χ2v) is 5.34. The first kappa shape index (κ1) is 17.0. The smallest absolute Gasteiger partial charge is 0.174 e. The highest BCUT2D eigenvalue weighted by Crippen LogP contribution is 2.28. The lowest BCUT2D eigenvalue weighted by atomic mass is 10.0. The Hall–Kier alpha value is -2.32. The minimum atomic E-state index is 0.0468. The predicted octanol–water partition coefficient (Wildman–Crippen LogP) is 4.16. The molecule has 5 nitrogen and oxygen atoms in total.